The van der Waals surface area contributed by atoms with Crippen molar-refractivity contribution >= 4 is 0 Å². The molecule has 2 heterocycles. The van der Waals surface area contributed by atoms with Gasteiger partial charge >= 0.3 is 0 Å². The molecular formula is C12H14N4. The van der Waals surface area contributed by atoms with Gasteiger partial charge < -0.3 is 5.32 Å². The SMILES string of the molecule is CNC(c1ccnnc1)c1cnccc1C. The standard InChI is InChI=1S/C12H14N4/c1-9-3-5-14-8-11(9)12(13-2)10-4-6-15-16-7-10/h3-8,12-13H,1-2H3. The van der Waals surface area contributed by atoms with Crippen LogP contribution in [-0.2, 0) is 0 Å². The van der Waals surface area contributed by atoms with Crippen molar-refractivity contribution in [3.05, 3.63) is 53.6 Å². The number of rotatable bonds is 3. The zero-order valence-corrected chi connectivity index (χ0v) is 9.38. The van der Waals surface area contributed by atoms with Gasteiger partial charge in [-0.3, -0.25) is 4.98 Å². The van der Waals surface area contributed by atoms with Gasteiger partial charge in [-0.2, -0.15) is 10.2 Å². The lowest BCUT2D eigenvalue weighted by atomic mass is 9.99. The van der Waals surface area contributed by atoms with Gasteiger partial charge in [0.25, 0.3) is 0 Å². The Morgan fingerprint density at radius 3 is 2.62 bits per heavy atom. The van der Waals surface area contributed by atoms with Gasteiger partial charge in [0.1, 0.15) is 0 Å². The van der Waals surface area contributed by atoms with Crippen LogP contribution in [0.2, 0.25) is 0 Å². The molecule has 0 radical (unpaired) electrons. The second kappa shape index (κ2) is 4.81. The van der Waals surface area contributed by atoms with Crippen LogP contribution in [0.25, 0.3) is 0 Å². The fourth-order valence-electron chi connectivity index (χ4n) is 1.75. The van der Waals surface area contributed by atoms with E-state index in [1.807, 2.05) is 25.4 Å². The van der Waals surface area contributed by atoms with Crippen LogP contribution in [0.1, 0.15) is 22.7 Å². The smallest absolute Gasteiger partial charge is 0.0608 e. The van der Waals surface area contributed by atoms with E-state index < -0.39 is 0 Å². The minimum atomic E-state index is 0.115. The van der Waals surface area contributed by atoms with Gasteiger partial charge in [0.2, 0.25) is 0 Å². The van der Waals surface area contributed by atoms with Crippen LogP contribution in [0.15, 0.2) is 36.9 Å². The van der Waals surface area contributed by atoms with Crippen molar-refractivity contribution in [2.45, 2.75) is 13.0 Å². The largest absolute Gasteiger partial charge is 0.309 e. The van der Waals surface area contributed by atoms with Crippen molar-refractivity contribution < 1.29 is 0 Å². The predicted molar refractivity (Wildman–Crippen MR) is 61.9 cm³/mol. The summed E-state index contributed by atoms with van der Waals surface area (Å²) in [6, 6.07) is 4.08. The number of pyridine rings is 1. The Bertz CT molecular complexity index is 456. The Hall–Kier alpha value is -1.81. The summed E-state index contributed by atoms with van der Waals surface area (Å²) in [5, 5.41) is 11.0. The summed E-state index contributed by atoms with van der Waals surface area (Å²) in [4.78, 5) is 4.16. The number of aryl methyl sites for hydroxylation is 1. The zero-order chi connectivity index (χ0) is 11.4. The zero-order valence-electron chi connectivity index (χ0n) is 9.38. The Kier molecular flexibility index (Phi) is 3.22. The molecule has 0 aliphatic rings. The monoisotopic (exact) mass is 214 g/mol. The fourth-order valence-corrected chi connectivity index (χ4v) is 1.75. The first-order valence-corrected chi connectivity index (χ1v) is 5.17. The normalized spacial score (nSPS) is 12.4. The molecule has 2 aromatic rings. The average molecular weight is 214 g/mol. The van der Waals surface area contributed by atoms with E-state index in [9.17, 15) is 0 Å². The first-order chi connectivity index (χ1) is 7.83. The second-order valence-electron chi connectivity index (χ2n) is 3.63. The molecule has 0 aliphatic carbocycles. The van der Waals surface area contributed by atoms with Crippen molar-refractivity contribution in [2.24, 2.45) is 0 Å². The highest BCUT2D eigenvalue weighted by Gasteiger charge is 2.14. The number of aromatic nitrogens is 3. The fraction of sp³-hybridized carbons (Fsp3) is 0.250. The highest BCUT2D eigenvalue weighted by molar-refractivity contribution is 5.32. The van der Waals surface area contributed by atoms with Gasteiger partial charge in [-0.15, -0.1) is 0 Å². The predicted octanol–water partition coefficient (Wildman–Crippen LogP) is 1.49. The lowest BCUT2D eigenvalue weighted by Gasteiger charge is -2.17. The van der Waals surface area contributed by atoms with Crippen LogP contribution in [0, 0.1) is 6.92 Å². The molecule has 4 nitrogen and oxygen atoms in total. The molecule has 1 unspecified atom stereocenters. The summed E-state index contributed by atoms with van der Waals surface area (Å²) in [6.45, 7) is 2.08. The van der Waals surface area contributed by atoms with Gasteiger partial charge in [0.05, 0.1) is 12.2 Å². The maximum atomic E-state index is 4.16. The van der Waals surface area contributed by atoms with Gasteiger partial charge in [-0.1, -0.05) is 0 Å². The molecule has 82 valence electrons. The number of hydrogen-bond donors (Lipinski definition) is 1. The quantitative estimate of drug-likeness (QED) is 0.841. The summed E-state index contributed by atoms with van der Waals surface area (Å²) in [6.07, 6.45) is 7.16. The molecule has 1 atom stereocenters. The van der Waals surface area contributed by atoms with Crippen LogP contribution in [-0.4, -0.2) is 22.2 Å². The lowest BCUT2D eigenvalue weighted by Crippen LogP contribution is -2.19. The van der Waals surface area contributed by atoms with E-state index in [4.69, 9.17) is 0 Å². The minimum Gasteiger partial charge on any atom is -0.309 e. The van der Waals surface area contributed by atoms with Crippen molar-refractivity contribution in [3.63, 3.8) is 0 Å². The molecule has 4 heteroatoms. The third-order valence-corrected chi connectivity index (χ3v) is 2.62. The van der Waals surface area contributed by atoms with E-state index in [0.717, 1.165) is 11.1 Å². The molecule has 2 aromatic heterocycles. The van der Waals surface area contributed by atoms with Crippen molar-refractivity contribution in [1.29, 1.82) is 0 Å². The molecule has 0 aromatic carbocycles. The molecule has 0 spiro atoms. The highest BCUT2D eigenvalue weighted by Crippen LogP contribution is 2.22. The summed E-state index contributed by atoms with van der Waals surface area (Å²) in [7, 11) is 1.93. The molecule has 0 fully saturated rings. The van der Waals surface area contributed by atoms with Crippen LogP contribution >= 0.6 is 0 Å². The third kappa shape index (κ3) is 2.06. The summed E-state index contributed by atoms with van der Waals surface area (Å²) in [5.41, 5.74) is 3.47. The van der Waals surface area contributed by atoms with Gasteiger partial charge in [-0.05, 0) is 42.8 Å². The van der Waals surface area contributed by atoms with E-state index in [0.29, 0.717) is 0 Å². The number of nitrogens with one attached hydrogen (secondary N) is 1. The molecule has 0 saturated heterocycles. The molecular weight excluding hydrogens is 200 g/mol. The van der Waals surface area contributed by atoms with Crippen molar-refractivity contribution in [2.75, 3.05) is 7.05 Å². The van der Waals surface area contributed by atoms with Crippen LogP contribution in [0.4, 0.5) is 0 Å². The Balaban J connectivity index is 2.41. The van der Waals surface area contributed by atoms with E-state index >= 15 is 0 Å². The third-order valence-electron chi connectivity index (χ3n) is 2.62. The maximum absolute atomic E-state index is 4.16. The van der Waals surface area contributed by atoms with Crippen molar-refractivity contribution in [3.8, 4) is 0 Å². The van der Waals surface area contributed by atoms with E-state index in [1.165, 1.54) is 5.56 Å². The number of hydrogen-bond acceptors (Lipinski definition) is 4. The summed E-state index contributed by atoms with van der Waals surface area (Å²) >= 11 is 0. The second-order valence-corrected chi connectivity index (χ2v) is 3.63. The van der Waals surface area contributed by atoms with E-state index in [-0.39, 0.29) is 6.04 Å². The van der Waals surface area contributed by atoms with Gasteiger partial charge in [0, 0.05) is 18.6 Å². The number of nitrogens with zero attached hydrogens (tertiary/aromatic N) is 3. The molecule has 0 aliphatic heterocycles. The van der Waals surface area contributed by atoms with Crippen molar-refractivity contribution in [1.82, 2.24) is 20.5 Å². The Morgan fingerprint density at radius 1 is 1.12 bits per heavy atom. The molecule has 0 amide bonds. The van der Waals surface area contributed by atoms with Gasteiger partial charge in [0.15, 0.2) is 0 Å². The molecule has 16 heavy (non-hydrogen) atoms. The Morgan fingerprint density at radius 2 is 2.00 bits per heavy atom. The summed E-state index contributed by atoms with van der Waals surface area (Å²) in [5.74, 6) is 0. The lowest BCUT2D eigenvalue weighted by molar-refractivity contribution is 0.678. The Labute approximate surface area is 94.8 Å². The van der Waals surface area contributed by atoms with Crippen LogP contribution in [0.5, 0.6) is 0 Å². The molecule has 2 rings (SSSR count). The maximum Gasteiger partial charge on any atom is 0.0608 e. The first kappa shape index (κ1) is 10.7. The van der Waals surface area contributed by atoms with E-state index in [1.54, 1.807) is 18.6 Å². The van der Waals surface area contributed by atoms with Gasteiger partial charge in [-0.25, -0.2) is 0 Å². The van der Waals surface area contributed by atoms with E-state index in [2.05, 4.69) is 27.4 Å². The van der Waals surface area contributed by atoms with Crippen LogP contribution < -0.4 is 5.32 Å². The van der Waals surface area contributed by atoms with Crippen LogP contribution in [0.3, 0.4) is 0 Å². The topological polar surface area (TPSA) is 50.7 Å². The molecule has 0 bridgehead atoms. The molecule has 0 saturated carbocycles. The highest BCUT2D eigenvalue weighted by atomic mass is 15.1. The average Bonchev–Trinajstić information content (AvgIpc) is 2.34. The summed E-state index contributed by atoms with van der Waals surface area (Å²) < 4.78 is 0. The minimum absolute atomic E-state index is 0.115. The molecule has 1 N–H and O–H groups in total. The first-order valence-electron chi connectivity index (χ1n) is 5.17.